The summed E-state index contributed by atoms with van der Waals surface area (Å²) in [5.74, 6) is 6.28. The summed E-state index contributed by atoms with van der Waals surface area (Å²) < 4.78 is 5.12. The van der Waals surface area contributed by atoms with E-state index in [9.17, 15) is 0 Å². The molecule has 4 heteroatoms. The average molecular weight is 278 g/mol. The molecule has 1 nitrogen and oxygen atoms in total. The first-order valence-electron chi connectivity index (χ1n) is 6.32. The fourth-order valence-corrected chi connectivity index (χ4v) is 8.35. The summed E-state index contributed by atoms with van der Waals surface area (Å²) in [6.07, 6.45) is 1.88. The lowest BCUT2D eigenvalue weighted by molar-refractivity contribution is -0.0275. The Kier molecular flexibility index (Phi) is 1.10. The summed E-state index contributed by atoms with van der Waals surface area (Å²) in [7, 11) is 0. The summed E-state index contributed by atoms with van der Waals surface area (Å²) in [5.41, 5.74) is -0.380. The highest BCUT2D eigenvalue weighted by molar-refractivity contribution is 6.68. The third-order valence-corrected chi connectivity index (χ3v) is 8.03. The van der Waals surface area contributed by atoms with E-state index in [4.69, 9.17) is 39.5 Å². The number of ether oxygens (including phenoxy) is 1. The highest BCUT2D eigenvalue weighted by Crippen LogP contribution is 2.92. The molecule has 0 amide bonds. The zero-order chi connectivity index (χ0) is 10.6. The van der Waals surface area contributed by atoms with Crippen LogP contribution in [0.2, 0.25) is 0 Å². The van der Waals surface area contributed by atoms with Gasteiger partial charge >= 0.3 is 0 Å². The van der Waals surface area contributed by atoms with Crippen LogP contribution in [-0.4, -0.2) is 15.5 Å². The third kappa shape index (κ3) is 0.507. The molecular formula is C12H11Cl3O. The van der Waals surface area contributed by atoms with Gasteiger partial charge in [-0.1, -0.05) is 34.8 Å². The molecule has 0 aromatic heterocycles. The molecule has 5 saturated carbocycles. The van der Waals surface area contributed by atoms with E-state index in [0.29, 0.717) is 17.9 Å². The van der Waals surface area contributed by atoms with Crippen molar-refractivity contribution in [2.75, 3.05) is 0 Å². The SMILES string of the molecule is ClC(Cl)(Cl)[C@]12O[C@H]3[C@H]4[C@H]5[C@H]6C[C@H]([C@@H]5[C@H]41)[C@@H]2[C@@H]63. The molecule has 7 fully saturated rings. The van der Waals surface area contributed by atoms with E-state index in [2.05, 4.69) is 0 Å². The zero-order valence-electron chi connectivity index (χ0n) is 8.45. The van der Waals surface area contributed by atoms with Crippen LogP contribution < -0.4 is 0 Å². The molecule has 2 aliphatic heterocycles. The van der Waals surface area contributed by atoms with E-state index in [1.807, 2.05) is 0 Å². The Balaban J connectivity index is 1.71. The van der Waals surface area contributed by atoms with Gasteiger partial charge in [-0.3, -0.25) is 0 Å². The van der Waals surface area contributed by atoms with Gasteiger partial charge in [0.15, 0.2) is 0 Å². The maximum absolute atomic E-state index is 6.32. The number of hydrogen-bond donors (Lipinski definition) is 0. The van der Waals surface area contributed by atoms with Crippen LogP contribution in [0, 0.1) is 47.3 Å². The molecule has 7 rings (SSSR count). The van der Waals surface area contributed by atoms with Crippen LogP contribution in [0.1, 0.15) is 6.42 Å². The highest BCUT2D eigenvalue weighted by Gasteiger charge is 2.95. The summed E-state index contributed by atoms with van der Waals surface area (Å²) in [6.45, 7) is 0. The first-order valence-corrected chi connectivity index (χ1v) is 7.45. The predicted octanol–water partition coefficient (Wildman–Crippen LogP) is 2.88. The Morgan fingerprint density at radius 3 is 2.50 bits per heavy atom. The fraction of sp³-hybridized carbons (Fsp3) is 1.00. The first-order chi connectivity index (χ1) is 7.57. The molecule has 86 valence electrons. The van der Waals surface area contributed by atoms with E-state index in [1.165, 1.54) is 6.42 Å². The van der Waals surface area contributed by atoms with Crippen molar-refractivity contribution in [2.45, 2.75) is 21.9 Å². The lowest BCUT2D eigenvalue weighted by atomic mass is 9.57. The van der Waals surface area contributed by atoms with Crippen molar-refractivity contribution in [3.05, 3.63) is 0 Å². The van der Waals surface area contributed by atoms with Gasteiger partial charge in [0.05, 0.1) is 6.10 Å². The third-order valence-electron chi connectivity index (χ3n) is 7.14. The molecule has 0 spiro atoms. The van der Waals surface area contributed by atoms with Crippen molar-refractivity contribution in [2.24, 2.45) is 47.3 Å². The smallest absolute Gasteiger partial charge is 0.219 e. The monoisotopic (exact) mass is 276 g/mol. The molecular weight excluding hydrogens is 266 g/mol. The Morgan fingerprint density at radius 1 is 0.938 bits per heavy atom. The fourth-order valence-electron chi connectivity index (χ4n) is 7.46. The zero-order valence-corrected chi connectivity index (χ0v) is 10.7. The molecule has 4 bridgehead atoms. The predicted molar refractivity (Wildman–Crippen MR) is 60.4 cm³/mol. The van der Waals surface area contributed by atoms with E-state index >= 15 is 0 Å². The maximum Gasteiger partial charge on any atom is 0.219 e. The first kappa shape index (κ1) is 8.85. The number of alkyl halides is 3. The largest absolute Gasteiger partial charge is 0.366 e. The molecule has 10 atom stereocenters. The Labute approximate surface area is 109 Å². The second kappa shape index (κ2) is 1.99. The lowest BCUT2D eigenvalue weighted by Gasteiger charge is -2.47. The molecule has 0 unspecified atom stereocenters. The van der Waals surface area contributed by atoms with Crippen molar-refractivity contribution in [1.29, 1.82) is 0 Å². The Morgan fingerprint density at radius 2 is 1.75 bits per heavy atom. The molecule has 0 aromatic carbocycles. The second-order valence-electron chi connectivity index (χ2n) is 6.80. The van der Waals surface area contributed by atoms with Crippen molar-refractivity contribution >= 4 is 34.8 Å². The number of halogens is 3. The summed E-state index contributed by atoms with van der Waals surface area (Å²) in [6, 6.07) is 0. The van der Waals surface area contributed by atoms with E-state index in [1.54, 1.807) is 0 Å². The molecule has 7 aliphatic rings. The van der Waals surface area contributed by atoms with Gasteiger partial charge in [-0.15, -0.1) is 0 Å². The van der Waals surface area contributed by atoms with Gasteiger partial charge in [0.2, 0.25) is 3.79 Å². The minimum atomic E-state index is -1.21. The average Bonchev–Trinajstić information content (AvgIpc) is 2.68. The molecule has 0 radical (unpaired) electrons. The van der Waals surface area contributed by atoms with Gasteiger partial charge in [-0.05, 0) is 41.9 Å². The minimum Gasteiger partial charge on any atom is -0.366 e. The van der Waals surface area contributed by atoms with Gasteiger partial charge in [-0.25, -0.2) is 0 Å². The van der Waals surface area contributed by atoms with Crippen LogP contribution in [-0.2, 0) is 4.74 Å². The standard InChI is InChI=1S/C12H11Cl3O/c13-12(14,15)11-8-3-1-2-4-5(3)9(11)7(4)10(16-11)6(2)8/h2-10H,1H2/t2-,3-,4+,5+,6-,7+,8-,9-,10-,11-/m1/s1. The Bertz CT molecular complexity index is 436. The van der Waals surface area contributed by atoms with Crippen molar-refractivity contribution in [3.63, 3.8) is 0 Å². The van der Waals surface area contributed by atoms with Gasteiger partial charge < -0.3 is 4.74 Å². The second-order valence-corrected chi connectivity index (χ2v) is 9.08. The quantitative estimate of drug-likeness (QED) is 0.619. The maximum atomic E-state index is 6.32. The van der Waals surface area contributed by atoms with Crippen LogP contribution in [0.3, 0.4) is 0 Å². The topological polar surface area (TPSA) is 9.23 Å². The van der Waals surface area contributed by atoms with Crippen LogP contribution >= 0.6 is 34.8 Å². The van der Waals surface area contributed by atoms with Crippen LogP contribution in [0.4, 0.5) is 0 Å². The lowest BCUT2D eigenvalue weighted by Crippen LogP contribution is -2.54. The van der Waals surface area contributed by atoms with Crippen LogP contribution in [0.5, 0.6) is 0 Å². The Hall–Kier alpha value is 0.830. The van der Waals surface area contributed by atoms with Crippen molar-refractivity contribution < 1.29 is 4.74 Å². The van der Waals surface area contributed by atoms with Crippen LogP contribution in [0.15, 0.2) is 0 Å². The molecule has 5 aliphatic carbocycles. The van der Waals surface area contributed by atoms with Gasteiger partial charge in [-0.2, -0.15) is 0 Å². The molecule has 0 N–H and O–H groups in total. The molecule has 16 heavy (non-hydrogen) atoms. The molecule has 2 saturated heterocycles. The minimum absolute atomic E-state index is 0.380. The van der Waals surface area contributed by atoms with E-state index in [0.717, 1.165) is 35.5 Å². The summed E-state index contributed by atoms with van der Waals surface area (Å²) >= 11 is 18.9. The van der Waals surface area contributed by atoms with Crippen molar-refractivity contribution in [1.82, 2.24) is 0 Å². The van der Waals surface area contributed by atoms with Gasteiger partial charge in [0.1, 0.15) is 5.60 Å². The molecule has 0 aromatic rings. The number of hydrogen-bond acceptors (Lipinski definition) is 1. The highest BCUT2D eigenvalue weighted by atomic mass is 35.6. The normalized spacial score (nSPS) is 79.3. The van der Waals surface area contributed by atoms with Gasteiger partial charge in [0, 0.05) is 11.8 Å². The van der Waals surface area contributed by atoms with Crippen LogP contribution in [0.25, 0.3) is 0 Å². The van der Waals surface area contributed by atoms with Gasteiger partial charge in [0.25, 0.3) is 0 Å². The van der Waals surface area contributed by atoms with E-state index < -0.39 is 3.79 Å². The van der Waals surface area contributed by atoms with E-state index in [-0.39, 0.29) is 5.60 Å². The summed E-state index contributed by atoms with van der Waals surface area (Å²) in [4.78, 5) is 0. The molecule has 2 heterocycles. The number of rotatable bonds is 0. The van der Waals surface area contributed by atoms with Crippen molar-refractivity contribution in [3.8, 4) is 0 Å². The summed E-state index contributed by atoms with van der Waals surface area (Å²) in [5, 5.41) is 0.